The zero-order valence-electron chi connectivity index (χ0n) is 9.61. The fourth-order valence-corrected chi connectivity index (χ4v) is 2.82. The van der Waals surface area contributed by atoms with Gasteiger partial charge in [0.15, 0.2) is 0 Å². The smallest absolute Gasteiger partial charge is 0.139 e. The molecule has 1 fully saturated rings. The van der Waals surface area contributed by atoms with E-state index in [1.54, 1.807) is 0 Å². The van der Waals surface area contributed by atoms with Crippen LogP contribution in [0.4, 0.5) is 0 Å². The molecule has 1 aliphatic carbocycles. The van der Waals surface area contributed by atoms with Crippen molar-refractivity contribution in [3.8, 4) is 0 Å². The van der Waals surface area contributed by atoms with Crippen molar-refractivity contribution in [2.24, 2.45) is 12.8 Å². The fraction of sp³-hybridized carbons (Fsp3) is 0.462. The molecule has 0 aromatic carbocycles. The average Bonchev–Trinajstić information content (AvgIpc) is 2.58. The highest BCUT2D eigenvalue weighted by Gasteiger charge is 2.39. The van der Waals surface area contributed by atoms with Crippen LogP contribution in [0.3, 0.4) is 0 Å². The Kier molecular flexibility index (Phi) is 2.04. The van der Waals surface area contributed by atoms with E-state index in [1.165, 1.54) is 30.2 Å². The third-order valence-electron chi connectivity index (χ3n) is 4.01. The highest BCUT2D eigenvalue weighted by molar-refractivity contribution is 5.81. The van der Waals surface area contributed by atoms with Gasteiger partial charge in [0.05, 0.1) is 0 Å². The van der Waals surface area contributed by atoms with Crippen molar-refractivity contribution >= 4 is 11.0 Å². The zero-order chi connectivity index (χ0) is 11.2. The van der Waals surface area contributed by atoms with E-state index in [1.807, 2.05) is 12.3 Å². The Bertz CT molecular complexity index is 517. The average molecular weight is 215 g/mol. The minimum Gasteiger partial charge on any atom is -0.335 e. The maximum Gasteiger partial charge on any atom is 0.139 e. The third-order valence-corrected chi connectivity index (χ3v) is 4.01. The van der Waals surface area contributed by atoms with Gasteiger partial charge in [-0.2, -0.15) is 0 Å². The van der Waals surface area contributed by atoms with Crippen molar-refractivity contribution in [3.05, 3.63) is 30.1 Å². The van der Waals surface area contributed by atoms with Crippen LogP contribution >= 0.6 is 0 Å². The standard InChI is InChI=1S/C13H17N3/c1-16-8-11(13(9-14)5-3-6-13)10-4-2-7-15-12(10)16/h2,4,7-8H,3,5-6,9,14H2,1H3. The van der Waals surface area contributed by atoms with E-state index < -0.39 is 0 Å². The lowest BCUT2D eigenvalue weighted by Gasteiger charge is -2.41. The van der Waals surface area contributed by atoms with Gasteiger partial charge < -0.3 is 10.3 Å². The Morgan fingerprint density at radius 1 is 1.50 bits per heavy atom. The summed E-state index contributed by atoms with van der Waals surface area (Å²) in [7, 11) is 2.06. The fourth-order valence-electron chi connectivity index (χ4n) is 2.82. The maximum absolute atomic E-state index is 5.97. The summed E-state index contributed by atoms with van der Waals surface area (Å²) in [4.78, 5) is 4.43. The maximum atomic E-state index is 5.97. The molecule has 0 atom stereocenters. The molecular formula is C13H17N3. The molecule has 16 heavy (non-hydrogen) atoms. The van der Waals surface area contributed by atoms with Crippen molar-refractivity contribution in [3.63, 3.8) is 0 Å². The number of nitrogens with two attached hydrogens (primary N) is 1. The van der Waals surface area contributed by atoms with E-state index in [9.17, 15) is 0 Å². The lowest BCUT2D eigenvalue weighted by atomic mass is 9.64. The van der Waals surface area contributed by atoms with Crippen LogP contribution in [0.25, 0.3) is 11.0 Å². The molecule has 84 valence electrons. The van der Waals surface area contributed by atoms with E-state index in [-0.39, 0.29) is 5.41 Å². The third kappa shape index (κ3) is 1.15. The molecule has 0 aliphatic heterocycles. The van der Waals surface area contributed by atoms with Crippen LogP contribution in [0, 0.1) is 0 Å². The van der Waals surface area contributed by atoms with Crippen LogP contribution < -0.4 is 5.73 Å². The highest BCUT2D eigenvalue weighted by atomic mass is 15.0. The number of aromatic nitrogens is 2. The Balaban J connectivity index is 2.24. The number of hydrogen-bond donors (Lipinski definition) is 1. The Labute approximate surface area is 95.3 Å². The molecule has 0 spiro atoms. The first-order valence-electron chi connectivity index (χ1n) is 5.87. The number of aryl methyl sites for hydroxylation is 1. The van der Waals surface area contributed by atoms with Gasteiger partial charge in [0.2, 0.25) is 0 Å². The lowest BCUT2D eigenvalue weighted by Crippen LogP contribution is -2.41. The van der Waals surface area contributed by atoms with E-state index in [0.29, 0.717) is 0 Å². The summed E-state index contributed by atoms with van der Waals surface area (Å²) in [5.41, 5.74) is 8.66. The van der Waals surface area contributed by atoms with Crippen LogP contribution in [0.2, 0.25) is 0 Å². The van der Waals surface area contributed by atoms with Gasteiger partial charge in [-0.15, -0.1) is 0 Å². The van der Waals surface area contributed by atoms with Crippen LogP contribution in [-0.4, -0.2) is 16.1 Å². The summed E-state index contributed by atoms with van der Waals surface area (Å²) in [6.45, 7) is 0.751. The molecule has 0 unspecified atom stereocenters. The second-order valence-electron chi connectivity index (χ2n) is 4.87. The first kappa shape index (κ1) is 9.85. The van der Waals surface area contributed by atoms with E-state index in [4.69, 9.17) is 5.73 Å². The summed E-state index contributed by atoms with van der Waals surface area (Å²) in [6.07, 6.45) is 7.80. The molecule has 0 bridgehead atoms. The monoisotopic (exact) mass is 215 g/mol. The minimum absolute atomic E-state index is 0.225. The summed E-state index contributed by atoms with van der Waals surface area (Å²) in [5.74, 6) is 0. The van der Waals surface area contributed by atoms with Crippen molar-refractivity contribution in [1.29, 1.82) is 0 Å². The Morgan fingerprint density at radius 3 is 2.94 bits per heavy atom. The second-order valence-corrected chi connectivity index (χ2v) is 4.87. The lowest BCUT2D eigenvalue weighted by molar-refractivity contribution is 0.255. The molecule has 1 aliphatic rings. The largest absolute Gasteiger partial charge is 0.335 e. The molecule has 1 saturated carbocycles. The van der Waals surface area contributed by atoms with Crippen LogP contribution in [0.15, 0.2) is 24.5 Å². The van der Waals surface area contributed by atoms with Gasteiger partial charge in [0.1, 0.15) is 5.65 Å². The molecule has 0 amide bonds. The van der Waals surface area contributed by atoms with Gasteiger partial charge >= 0.3 is 0 Å². The molecule has 0 radical (unpaired) electrons. The molecule has 2 aromatic heterocycles. The molecule has 3 rings (SSSR count). The topological polar surface area (TPSA) is 43.8 Å². The Morgan fingerprint density at radius 2 is 2.31 bits per heavy atom. The number of fused-ring (bicyclic) bond motifs is 1. The minimum atomic E-state index is 0.225. The van der Waals surface area contributed by atoms with Gasteiger partial charge in [-0.3, -0.25) is 0 Å². The SMILES string of the molecule is Cn1cc(C2(CN)CCC2)c2cccnc21. The molecule has 0 saturated heterocycles. The molecule has 3 nitrogen and oxygen atoms in total. The first-order chi connectivity index (χ1) is 7.77. The van der Waals surface area contributed by atoms with Gasteiger partial charge in [-0.25, -0.2) is 4.98 Å². The van der Waals surface area contributed by atoms with Gasteiger partial charge in [0, 0.05) is 36.8 Å². The molecular weight excluding hydrogens is 198 g/mol. The quantitative estimate of drug-likeness (QED) is 0.832. The molecule has 2 N–H and O–H groups in total. The predicted octanol–water partition coefficient (Wildman–Crippen LogP) is 1.95. The van der Waals surface area contributed by atoms with Crippen LogP contribution in [0.5, 0.6) is 0 Å². The number of rotatable bonds is 2. The van der Waals surface area contributed by atoms with Crippen LogP contribution in [-0.2, 0) is 12.5 Å². The van der Waals surface area contributed by atoms with Crippen molar-refractivity contribution in [2.45, 2.75) is 24.7 Å². The molecule has 2 heterocycles. The normalized spacial score (nSPS) is 18.6. The first-order valence-corrected chi connectivity index (χ1v) is 5.87. The van der Waals surface area contributed by atoms with Crippen LogP contribution in [0.1, 0.15) is 24.8 Å². The second kappa shape index (κ2) is 3.32. The van der Waals surface area contributed by atoms with Crippen molar-refractivity contribution in [2.75, 3.05) is 6.54 Å². The predicted molar refractivity (Wildman–Crippen MR) is 65.3 cm³/mol. The number of nitrogens with zero attached hydrogens (tertiary/aromatic N) is 2. The molecule has 3 heteroatoms. The van der Waals surface area contributed by atoms with Crippen molar-refractivity contribution in [1.82, 2.24) is 9.55 Å². The van der Waals surface area contributed by atoms with E-state index in [0.717, 1.165) is 12.2 Å². The summed E-state index contributed by atoms with van der Waals surface area (Å²) in [5, 5.41) is 1.27. The number of hydrogen-bond acceptors (Lipinski definition) is 2. The highest BCUT2D eigenvalue weighted by Crippen LogP contribution is 2.45. The van der Waals surface area contributed by atoms with Gasteiger partial charge in [-0.1, -0.05) is 6.42 Å². The summed E-state index contributed by atoms with van der Waals surface area (Å²) < 4.78 is 2.11. The number of pyridine rings is 1. The van der Waals surface area contributed by atoms with E-state index in [2.05, 4.69) is 28.9 Å². The van der Waals surface area contributed by atoms with Gasteiger partial charge in [-0.05, 0) is 30.5 Å². The summed E-state index contributed by atoms with van der Waals surface area (Å²) >= 11 is 0. The van der Waals surface area contributed by atoms with Crippen molar-refractivity contribution < 1.29 is 0 Å². The van der Waals surface area contributed by atoms with Gasteiger partial charge in [0.25, 0.3) is 0 Å². The molecule has 2 aromatic rings. The summed E-state index contributed by atoms with van der Waals surface area (Å²) in [6, 6.07) is 4.17. The zero-order valence-corrected chi connectivity index (χ0v) is 9.61. The Hall–Kier alpha value is -1.35. The van der Waals surface area contributed by atoms with E-state index >= 15 is 0 Å².